The lowest BCUT2D eigenvalue weighted by molar-refractivity contribution is 0.0318. The highest BCUT2D eigenvalue weighted by Gasteiger charge is 2.14. The van der Waals surface area contributed by atoms with Crippen molar-refractivity contribution in [3.63, 3.8) is 0 Å². The van der Waals surface area contributed by atoms with Crippen LogP contribution in [0.15, 0.2) is 84.0 Å². The molecule has 27 heavy (non-hydrogen) atoms. The van der Waals surface area contributed by atoms with E-state index in [0.29, 0.717) is 0 Å². The maximum atomic E-state index is 6.56. The molecule has 2 rings (SSSR count). The molecular formula is C26H34O. The molecule has 0 N–H and O–H groups in total. The van der Waals surface area contributed by atoms with Crippen LogP contribution in [0.5, 0.6) is 0 Å². The molecule has 1 heteroatoms. The summed E-state index contributed by atoms with van der Waals surface area (Å²) in [6.45, 7) is 8.61. The number of benzene rings is 2. The minimum Gasteiger partial charge on any atom is -0.367 e. The summed E-state index contributed by atoms with van der Waals surface area (Å²) in [4.78, 5) is 0. The monoisotopic (exact) mass is 362 g/mol. The second-order valence-electron chi connectivity index (χ2n) is 7.75. The molecule has 2 aromatic rings. The lowest BCUT2D eigenvalue weighted by Crippen LogP contribution is -2.21. The molecule has 0 bridgehead atoms. The van der Waals surface area contributed by atoms with Crippen LogP contribution < -0.4 is 0 Å². The molecule has 0 aliphatic heterocycles. The van der Waals surface area contributed by atoms with Crippen LogP contribution in [0.1, 0.15) is 51.7 Å². The Labute approximate surface area is 165 Å². The molecule has 2 unspecified atom stereocenters. The lowest BCUT2D eigenvalue weighted by atomic mass is 10.0. The van der Waals surface area contributed by atoms with Gasteiger partial charge in [-0.1, -0.05) is 84.0 Å². The van der Waals surface area contributed by atoms with E-state index in [-0.39, 0.29) is 12.2 Å². The molecule has 0 spiro atoms. The van der Waals surface area contributed by atoms with Gasteiger partial charge in [0, 0.05) is 0 Å². The van der Waals surface area contributed by atoms with Crippen molar-refractivity contribution in [2.75, 3.05) is 0 Å². The van der Waals surface area contributed by atoms with E-state index in [9.17, 15) is 0 Å². The smallest absolute Gasteiger partial charge is 0.0769 e. The van der Waals surface area contributed by atoms with Crippen molar-refractivity contribution in [3.05, 3.63) is 95.1 Å². The topological polar surface area (TPSA) is 9.23 Å². The third-order valence-electron chi connectivity index (χ3n) is 4.51. The molecule has 0 fully saturated rings. The Morgan fingerprint density at radius 1 is 0.667 bits per heavy atom. The Morgan fingerprint density at radius 2 is 1.04 bits per heavy atom. The van der Waals surface area contributed by atoms with Crippen LogP contribution in [-0.4, -0.2) is 12.2 Å². The van der Waals surface area contributed by atoms with Gasteiger partial charge in [-0.2, -0.15) is 0 Å². The summed E-state index contributed by atoms with van der Waals surface area (Å²) in [6.07, 6.45) is 8.93. The SMILES string of the molecule is CC(C)=CC(CCc1ccccc1)OC(C=C(C)C)CCc1ccccc1. The second-order valence-corrected chi connectivity index (χ2v) is 7.75. The van der Waals surface area contributed by atoms with Crippen molar-refractivity contribution in [2.24, 2.45) is 0 Å². The van der Waals surface area contributed by atoms with Gasteiger partial charge < -0.3 is 4.74 Å². The van der Waals surface area contributed by atoms with Crippen LogP contribution in [0.3, 0.4) is 0 Å². The standard InChI is InChI=1S/C26H34O/c1-21(2)19-25(17-15-23-11-7-5-8-12-23)27-26(20-22(3)4)18-16-24-13-9-6-10-14-24/h5-14,19-20,25-26H,15-18H2,1-4H3. The number of ether oxygens (including phenoxy) is 1. The fourth-order valence-corrected chi connectivity index (χ4v) is 3.26. The van der Waals surface area contributed by atoms with Gasteiger partial charge in [-0.15, -0.1) is 0 Å². The van der Waals surface area contributed by atoms with Gasteiger partial charge in [-0.05, 0) is 64.5 Å². The van der Waals surface area contributed by atoms with Gasteiger partial charge in [0.2, 0.25) is 0 Å². The molecule has 0 aromatic heterocycles. The van der Waals surface area contributed by atoms with Crippen LogP contribution >= 0.6 is 0 Å². The quantitative estimate of drug-likeness (QED) is 0.416. The maximum absolute atomic E-state index is 6.56. The van der Waals surface area contributed by atoms with Crippen molar-refractivity contribution < 1.29 is 4.74 Å². The molecule has 0 heterocycles. The van der Waals surface area contributed by atoms with Gasteiger partial charge in [0.05, 0.1) is 12.2 Å². The average Bonchev–Trinajstić information content (AvgIpc) is 2.65. The molecule has 0 aliphatic carbocycles. The van der Waals surface area contributed by atoms with Gasteiger partial charge in [-0.25, -0.2) is 0 Å². The normalized spacial score (nSPS) is 12.9. The van der Waals surface area contributed by atoms with Crippen molar-refractivity contribution in [1.82, 2.24) is 0 Å². The largest absolute Gasteiger partial charge is 0.367 e. The highest BCUT2D eigenvalue weighted by Crippen LogP contribution is 2.17. The summed E-state index contributed by atoms with van der Waals surface area (Å²) >= 11 is 0. The van der Waals surface area contributed by atoms with E-state index in [4.69, 9.17) is 4.74 Å². The Balaban J connectivity index is 2.02. The Bertz CT molecular complexity index is 641. The number of hydrogen-bond donors (Lipinski definition) is 0. The van der Waals surface area contributed by atoms with E-state index in [1.807, 2.05) is 0 Å². The molecule has 144 valence electrons. The zero-order valence-corrected chi connectivity index (χ0v) is 17.3. The molecule has 0 amide bonds. The van der Waals surface area contributed by atoms with E-state index >= 15 is 0 Å². The summed E-state index contributed by atoms with van der Waals surface area (Å²) in [6, 6.07) is 21.4. The van der Waals surface area contributed by atoms with Crippen LogP contribution in [-0.2, 0) is 17.6 Å². The van der Waals surface area contributed by atoms with Gasteiger partial charge in [-0.3, -0.25) is 0 Å². The Kier molecular flexibility index (Phi) is 9.07. The van der Waals surface area contributed by atoms with Crippen molar-refractivity contribution >= 4 is 0 Å². The predicted molar refractivity (Wildman–Crippen MR) is 117 cm³/mol. The summed E-state index contributed by atoms with van der Waals surface area (Å²) in [5.74, 6) is 0. The average molecular weight is 363 g/mol. The highest BCUT2D eigenvalue weighted by molar-refractivity contribution is 5.16. The van der Waals surface area contributed by atoms with E-state index < -0.39 is 0 Å². The summed E-state index contributed by atoms with van der Waals surface area (Å²) in [7, 11) is 0. The van der Waals surface area contributed by atoms with Gasteiger partial charge in [0.15, 0.2) is 0 Å². The number of hydrogen-bond acceptors (Lipinski definition) is 1. The number of aryl methyl sites for hydroxylation is 2. The summed E-state index contributed by atoms with van der Waals surface area (Å²) in [5, 5.41) is 0. The van der Waals surface area contributed by atoms with Crippen LogP contribution in [0, 0.1) is 0 Å². The molecular weight excluding hydrogens is 328 g/mol. The zero-order valence-electron chi connectivity index (χ0n) is 17.3. The van der Waals surface area contributed by atoms with Crippen molar-refractivity contribution in [1.29, 1.82) is 0 Å². The lowest BCUT2D eigenvalue weighted by Gasteiger charge is -2.22. The van der Waals surface area contributed by atoms with E-state index in [1.165, 1.54) is 22.3 Å². The second kappa shape index (κ2) is 11.6. The highest BCUT2D eigenvalue weighted by atomic mass is 16.5. The van der Waals surface area contributed by atoms with E-state index in [1.54, 1.807) is 0 Å². The third-order valence-corrected chi connectivity index (χ3v) is 4.51. The molecule has 2 aromatic carbocycles. The van der Waals surface area contributed by atoms with Crippen LogP contribution in [0.2, 0.25) is 0 Å². The van der Waals surface area contributed by atoms with E-state index in [2.05, 4.69) is 101 Å². The number of allylic oxidation sites excluding steroid dienone is 2. The molecule has 0 saturated heterocycles. The fraction of sp³-hybridized carbons (Fsp3) is 0.385. The van der Waals surface area contributed by atoms with Crippen LogP contribution in [0.4, 0.5) is 0 Å². The Morgan fingerprint density at radius 3 is 1.37 bits per heavy atom. The van der Waals surface area contributed by atoms with Gasteiger partial charge >= 0.3 is 0 Å². The minimum atomic E-state index is 0.145. The summed E-state index contributed by atoms with van der Waals surface area (Å²) < 4.78 is 6.56. The first-order valence-corrected chi connectivity index (χ1v) is 10.1. The third kappa shape index (κ3) is 8.88. The van der Waals surface area contributed by atoms with Gasteiger partial charge in [0.1, 0.15) is 0 Å². The molecule has 2 atom stereocenters. The van der Waals surface area contributed by atoms with E-state index in [0.717, 1.165) is 25.7 Å². The van der Waals surface area contributed by atoms with Crippen LogP contribution in [0.25, 0.3) is 0 Å². The predicted octanol–water partition coefficient (Wildman–Crippen LogP) is 6.94. The summed E-state index contributed by atoms with van der Waals surface area (Å²) in [5.41, 5.74) is 5.37. The molecule has 0 aliphatic rings. The molecule has 0 saturated carbocycles. The van der Waals surface area contributed by atoms with Crippen molar-refractivity contribution in [2.45, 2.75) is 65.6 Å². The fourth-order valence-electron chi connectivity index (χ4n) is 3.26. The molecule has 1 nitrogen and oxygen atoms in total. The van der Waals surface area contributed by atoms with Crippen molar-refractivity contribution in [3.8, 4) is 0 Å². The first-order chi connectivity index (χ1) is 13.0. The first kappa shape index (κ1) is 21.2. The number of rotatable bonds is 10. The zero-order chi connectivity index (χ0) is 19.5. The Hall–Kier alpha value is -2.12. The molecule has 0 radical (unpaired) electrons. The first-order valence-electron chi connectivity index (χ1n) is 10.1. The van der Waals surface area contributed by atoms with Gasteiger partial charge in [0.25, 0.3) is 0 Å². The maximum Gasteiger partial charge on any atom is 0.0769 e. The minimum absolute atomic E-state index is 0.145.